The number of hydrogen-bond acceptors (Lipinski definition) is 2. The minimum atomic E-state index is -1.65. The van der Waals surface area contributed by atoms with Crippen molar-refractivity contribution in [1.82, 2.24) is 4.57 Å². The van der Waals surface area contributed by atoms with E-state index in [-0.39, 0.29) is 5.04 Å². The van der Waals surface area contributed by atoms with Crippen molar-refractivity contribution in [1.29, 1.82) is 0 Å². The van der Waals surface area contributed by atoms with Crippen molar-refractivity contribution < 1.29 is 14.3 Å². The SMILES string of the molecule is CC(=O)O.CC(C)(C)[Si](C)(C)OCCn1cc(CCCI)c2ccccc21. The van der Waals surface area contributed by atoms with Gasteiger partial charge < -0.3 is 14.1 Å². The molecule has 0 aliphatic heterocycles. The minimum Gasteiger partial charge on any atom is -0.481 e. The first-order chi connectivity index (χ1) is 12.5. The van der Waals surface area contributed by atoms with E-state index in [9.17, 15) is 0 Å². The molecule has 2 aromatic rings. The molecule has 0 aliphatic carbocycles. The molecule has 27 heavy (non-hydrogen) atoms. The van der Waals surface area contributed by atoms with Crippen molar-refractivity contribution in [3.63, 3.8) is 0 Å². The van der Waals surface area contributed by atoms with Gasteiger partial charge in [0.15, 0.2) is 8.32 Å². The van der Waals surface area contributed by atoms with Gasteiger partial charge in [0, 0.05) is 30.6 Å². The zero-order chi connectivity index (χ0) is 20.7. The Morgan fingerprint density at radius 1 is 1.26 bits per heavy atom. The third kappa shape index (κ3) is 7.58. The molecule has 1 aromatic carbocycles. The van der Waals surface area contributed by atoms with E-state index < -0.39 is 14.3 Å². The summed E-state index contributed by atoms with van der Waals surface area (Å²) in [6.45, 7) is 14.4. The average molecular weight is 503 g/mol. The molecule has 1 heterocycles. The van der Waals surface area contributed by atoms with E-state index in [1.54, 1.807) is 0 Å². The Morgan fingerprint density at radius 3 is 2.41 bits per heavy atom. The highest BCUT2D eigenvalue weighted by Gasteiger charge is 2.36. The number of hydrogen-bond donors (Lipinski definition) is 1. The van der Waals surface area contributed by atoms with Crippen LogP contribution in [0.3, 0.4) is 0 Å². The predicted molar refractivity (Wildman–Crippen MR) is 126 cm³/mol. The summed E-state index contributed by atoms with van der Waals surface area (Å²) < 4.78 is 9.95. The minimum absolute atomic E-state index is 0.275. The molecule has 6 heteroatoms. The molecular weight excluding hydrogens is 469 g/mol. The summed E-state index contributed by atoms with van der Waals surface area (Å²) in [6, 6.07) is 8.76. The van der Waals surface area contributed by atoms with Crippen LogP contribution in [0.1, 0.15) is 39.7 Å². The van der Waals surface area contributed by atoms with Gasteiger partial charge >= 0.3 is 0 Å². The Labute approximate surface area is 178 Å². The zero-order valence-corrected chi connectivity index (χ0v) is 20.7. The lowest BCUT2D eigenvalue weighted by atomic mass is 10.1. The summed E-state index contributed by atoms with van der Waals surface area (Å²) in [5.74, 6) is -0.833. The van der Waals surface area contributed by atoms with E-state index in [0.717, 1.165) is 20.1 Å². The highest BCUT2D eigenvalue weighted by molar-refractivity contribution is 14.1. The highest BCUT2D eigenvalue weighted by Crippen LogP contribution is 2.36. The number of halogens is 1. The second-order valence-corrected chi connectivity index (χ2v) is 14.2. The third-order valence-electron chi connectivity index (χ3n) is 5.05. The van der Waals surface area contributed by atoms with Gasteiger partial charge in [-0.3, -0.25) is 4.79 Å². The first-order valence-electron chi connectivity index (χ1n) is 9.46. The van der Waals surface area contributed by atoms with Gasteiger partial charge in [-0.2, -0.15) is 0 Å². The number of para-hydroxylation sites is 1. The molecule has 0 atom stereocenters. The number of carboxylic acid groups (broad SMARTS) is 1. The van der Waals surface area contributed by atoms with Gasteiger partial charge in [0.25, 0.3) is 5.97 Å². The van der Waals surface area contributed by atoms with E-state index in [1.165, 1.54) is 33.7 Å². The molecule has 1 N–H and O–H groups in total. The number of carbonyl (C=O) groups is 1. The van der Waals surface area contributed by atoms with Gasteiger partial charge in [-0.1, -0.05) is 61.6 Å². The number of benzene rings is 1. The van der Waals surface area contributed by atoms with Crippen LogP contribution in [0.4, 0.5) is 0 Å². The van der Waals surface area contributed by atoms with E-state index >= 15 is 0 Å². The van der Waals surface area contributed by atoms with Crippen LogP contribution in [0.25, 0.3) is 10.9 Å². The molecule has 0 aliphatic rings. The molecule has 0 saturated carbocycles. The molecule has 0 amide bonds. The number of carboxylic acids is 1. The fourth-order valence-corrected chi connectivity index (χ4v) is 4.00. The maximum absolute atomic E-state index is 9.00. The van der Waals surface area contributed by atoms with Crippen LogP contribution in [0.15, 0.2) is 30.5 Å². The topological polar surface area (TPSA) is 51.5 Å². The number of aryl methyl sites for hydroxylation is 1. The van der Waals surface area contributed by atoms with E-state index in [0.29, 0.717) is 0 Å². The lowest BCUT2D eigenvalue weighted by molar-refractivity contribution is -0.134. The van der Waals surface area contributed by atoms with Crippen LogP contribution in [0, 0.1) is 0 Å². The van der Waals surface area contributed by atoms with Crippen molar-refractivity contribution in [3.05, 3.63) is 36.0 Å². The lowest BCUT2D eigenvalue weighted by Crippen LogP contribution is -2.41. The van der Waals surface area contributed by atoms with Gasteiger partial charge in [0.05, 0.1) is 6.61 Å². The van der Waals surface area contributed by atoms with Gasteiger partial charge in [-0.25, -0.2) is 0 Å². The van der Waals surface area contributed by atoms with E-state index in [4.69, 9.17) is 14.3 Å². The number of nitrogens with zero attached hydrogens (tertiary/aromatic N) is 1. The molecule has 152 valence electrons. The molecule has 0 fully saturated rings. The second kappa shape index (κ2) is 10.6. The van der Waals surface area contributed by atoms with Crippen LogP contribution < -0.4 is 0 Å². The maximum Gasteiger partial charge on any atom is 0.300 e. The smallest absolute Gasteiger partial charge is 0.300 e. The fourth-order valence-electron chi connectivity index (χ4n) is 2.58. The Balaban J connectivity index is 0.000000828. The van der Waals surface area contributed by atoms with Gasteiger partial charge in [-0.05, 0) is 47.0 Å². The van der Waals surface area contributed by atoms with E-state index in [1.807, 2.05) is 0 Å². The number of rotatable bonds is 7. The van der Waals surface area contributed by atoms with Gasteiger partial charge in [-0.15, -0.1) is 0 Å². The zero-order valence-electron chi connectivity index (χ0n) is 17.5. The maximum atomic E-state index is 9.00. The standard InChI is InChI=1S/C19H30INOSi.C2H4O2/c1-19(2,3)23(4,5)22-14-13-21-15-16(9-8-12-20)17-10-6-7-11-18(17)21;1-2(3)4/h6-7,10-11,15H,8-9,12-14H2,1-5H3;1H3,(H,3,4). The fraction of sp³-hybridized carbons (Fsp3) is 0.571. The van der Waals surface area contributed by atoms with Crippen LogP contribution in [0.2, 0.25) is 18.1 Å². The van der Waals surface area contributed by atoms with Crippen molar-refractivity contribution in [2.24, 2.45) is 0 Å². The summed E-state index contributed by atoms with van der Waals surface area (Å²) in [4.78, 5) is 9.00. The summed E-state index contributed by atoms with van der Waals surface area (Å²) in [5.41, 5.74) is 2.82. The summed E-state index contributed by atoms with van der Waals surface area (Å²) in [7, 11) is -1.65. The molecule has 0 spiro atoms. The molecule has 2 rings (SSSR count). The van der Waals surface area contributed by atoms with Crippen LogP contribution in [0.5, 0.6) is 0 Å². The Bertz CT molecular complexity index is 731. The molecule has 1 aromatic heterocycles. The van der Waals surface area contributed by atoms with Crippen molar-refractivity contribution >= 4 is 47.8 Å². The van der Waals surface area contributed by atoms with Crippen molar-refractivity contribution in [3.8, 4) is 0 Å². The normalized spacial score (nSPS) is 12.0. The molecule has 0 radical (unpaired) electrons. The monoisotopic (exact) mass is 503 g/mol. The highest BCUT2D eigenvalue weighted by atomic mass is 127. The van der Waals surface area contributed by atoms with Crippen LogP contribution in [-0.4, -0.2) is 35.0 Å². The Kier molecular flexibility index (Phi) is 9.51. The first-order valence-corrected chi connectivity index (χ1v) is 13.9. The molecule has 0 saturated heterocycles. The number of alkyl halides is 1. The molecule has 0 unspecified atom stereocenters. The number of fused-ring (bicyclic) bond motifs is 1. The quantitative estimate of drug-likeness (QED) is 0.281. The molecule has 0 bridgehead atoms. The molecule has 4 nitrogen and oxygen atoms in total. The summed E-state index contributed by atoms with van der Waals surface area (Å²) in [5, 5.41) is 9.10. The largest absolute Gasteiger partial charge is 0.481 e. The number of aliphatic carboxylic acids is 1. The van der Waals surface area contributed by atoms with Crippen molar-refractivity contribution in [2.45, 2.75) is 65.2 Å². The predicted octanol–water partition coefficient (Wildman–Crippen LogP) is 6.12. The van der Waals surface area contributed by atoms with Gasteiger partial charge in [0.2, 0.25) is 0 Å². The Hall–Kier alpha value is -0.863. The van der Waals surface area contributed by atoms with E-state index in [2.05, 4.69) is 91.5 Å². The summed E-state index contributed by atoms with van der Waals surface area (Å²) >= 11 is 2.46. The first kappa shape index (κ1) is 24.2. The van der Waals surface area contributed by atoms with Crippen LogP contribution >= 0.6 is 22.6 Å². The number of aromatic nitrogens is 1. The summed E-state index contributed by atoms with van der Waals surface area (Å²) in [6.07, 6.45) is 4.75. The Morgan fingerprint density at radius 2 is 1.85 bits per heavy atom. The second-order valence-electron chi connectivity index (χ2n) is 8.29. The van der Waals surface area contributed by atoms with Crippen molar-refractivity contribution in [2.75, 3.05) is 11.0 Å². The molecular formula is C21H34INO3Si. The van der Waals surface area contributed by atoms with Crippen LogP contribution in [-0.2, 0) is 22.2 Å². The lowest BCUT2D eigenvalue weighted by Gasteiger charge is -2.36. The van der Waals surface area contributed by atoms with Gasteiger partial charge in [0.1, 0.15) is 0 Å². The average Bonchev–Trinajstić information content (AvgIpc) is 2.89. The third-order valence-corrected chi connectivity index (χ3v) is 10.4.